The number of nitrogens with zero attached hydrogens (tertiary/aromatic N) is 5. The minimum atomic E-state index is 0.244. The third-order valence-corrected chi connectivity index (χ3v) is 12.4. The van der Waals surface area contributed by atoms with Crippen LogP contribution in [0.25, 0.3) is 83.9 Å². The highest BCUT2D eigenvalue weighted by Gasteiger charge is 2.37. The van der Waals surface area contributed by atoms with Crippen LogP contribution in [-0.4, -0.2) is 25.6 Å². The molecule has 0 N–H and O–H groups in total. The van der Waals surface area contributed by atoms with E-state index in [9.17, 15) is 0 Å². The molecule has 0 saturated carbocycles. The van der Waals surface area contributed by atoms with Crippen molar-refractivity contribution < 1.29 is 0 Å². The average Bonchev–Trinajstić information content (AvgIpc) is 3.87. The standard InChI is InChI=1S/C57H39N5/c1-4-15-38(16-5-1)39-27-29-40(30-28-39)42-19-14-20-45(35-42)56-58-55(41-17-6-2-7-18-41)59-57(60-56)62-52-26-13-11-24-48(52)50-37-44(32-34-54(50)62)43-31-33-53-49(36-43)47-23-10-12-25-51(47)61(53)46-21-8-3-9-22-46/h1-37,47,51H. The van der Waals surface area contributed by atoms with Crippen molar-refractivity contribution in [2.24, 2.45) is 0 Å². The Bertz CT molecular complexity index is 3350. The van der Waals surface area contributed by atoms with Gasteiger partial charge in [-0.2, -0.15) is 9.97 Å². The number of aromatic nitrogens is 4. The van der Waals surface area contributed by atoms with Gasteiger partial charge >= 0.3 is 0 Å². The Kier molecular flexibility index (Phi) is 8.56. The summed E-state index contributed by atoms with van der Waals surface area (Å²) in [6, 6.07) is 71.2. The van der Waals surface area contributed by atoms with Gasteiger partial charge in [-0.3, -0.25) is 4.57 Å². The molecule has 1 aliphatic carbocycles. The first-order valence-electron chi connectivity index (χ1n) is 21.2. The molecule has 12 rings (SSSR count). The van der Waals surface area contributed by atoms with E-state index in [1.165, 1.54) is 39.2 Å². The molecule has 2 atom stereocenters. The van der Waals surface area contributed by atoms with Crippen molar-refractivity contribution in [3.63, 3.8) is 0 Å². The Morgan fingerprint density at radius 2 is 0.919 bits per heavy atom. The third kappa shape index (κ3) is 6.13. The Balaban J connectivity index is 0.968. The molecule has 5 nitrogen and oxygen atoms in total. The van der Waals surface area contributed by atoms with E-state index in [0.717, 1.165) is 44.1 Å². The number of anilines is 2. The lowest BCUT2D eigenvalue weighted by Gasteiger charge is -2.28. The summed E-state index contributed by atoms with van der Waals surface area (Å²) in [6.45, 7) is 0. The maximum atomic E-state index is 5.27. The monoisotopic (exact) mass is 793 g/mol. The first kappa shape index (κ1) is 35.8. The molecule has 2 aliphatic rings. The summed E-state index contributed by atoms with van der Waals surface area (Å²) in [5, 5.41) is 2.29. The summed E-state index contributed by atoms with van der Waals surface area (Å²) in [5.74, 6) is 2.09. The van der Waals surface area contributed by atoms with Crippen LogP contribution < -0.4 is 4.90 Å². The zero-order chi connectivity index (χ0) is 41.0. The number of hydrogen-bond acceptors (Lipinski definition) is 4. The molecule has 0 radical (unpaired) electrons. The van der Waals surface area contributed by atoms with E-state index in [-0.39, 0.29) is 12.0 Å². The lowest BCUT2D eigenvalue weighted by molar-refractivity contribution is 0.745. The Morgan fingerprint density at radius 3 is 1.71 bits per heavy atom. The van der Waals surface area contributed by atoms with Crippen LogP contribution in [-0.2, 0) is 0 Å². The zero-order valence-corrected chi connectivity index (χ0v) is 33.8. The Hall–Kier alpha value is -8.15. The molecule has 8 aromatic carbocycles. The van der Waals surface area contributed by atoms with Crippen LogP contribution in [0.2, 0.25) is 0 Å². The number of para-hydroxylation sites is 2. The summed E-state index contributed by atoms with van der Waals surface area (Å²) < 4.78 is 2.20. The quantitative estimate of drug-likeness (QED) is 0.161. The third-order valence-electron chi connectivity index (χ3n) is 12.4. The van der Waals surface area contributed by atoms with E-state index in [1.807, 2.05) is 24.3 Å². The topological polar surface area (TPSA) is 46.8 Å². The maximum absolute atomic E-state index is 5.27. The van der Waals surface area contributed by atoms with Gasteiger partial charge in [0, 0.05) is 39.2 Å². The molecule has 2 aromatic heterocycles. The van der Waals surface area contributed by atoms with Crippen molar-refractivity contribution in [1.82, 2.24) is 19.5 Å². The fourth-order valence-corrected chi connectivity index (χ4v) is 9.41. The van der Waals surface area contributed by atoms with Crippen LogP contribution in [0.15, 0.2) is 224 Å². The molecule has 2 unspecified atom stereocenters. The van der Waals surface area contributed by atoms with E-state index < -0.39 is 0 Å². The van der Waals surface area contributed by atoms with E-state index >= 15 is 0 Å². The smallest absolute Gasteiger partial charge is 0.238 e. The number of hydrogen-bond donors (Lipinski definition) is 0. The average molecular weight is 794 g/mol. The van der Waals surface area contributed by atoms with Gasteiger partial charge in [-0.15, -0.1) is 0 Å². The normalized spacial score (nSPS) is 15.3. The predicted molar refractivity (Wildman–Crippen MR) is 255 cm³/mol. The van der Waals surface area contributed by atoms with Crippen LogP contribution in [0, 0.1) is 0 Å². The lowest BCUT2D eigenvalue weighted by Crippen LogP contribution is -2.28. The van der Waals surface area contributed by atoms with E-state index in [0.29, 0.717) is 17.6 Å². The van der Waals surface area contributed by atoms with E-state index in [2.05, 4.69) is 210 Å². The van der Waals surface area contributed by atoms with E-state index in [4.69, 9.17) is 15.0 Å². The molecular weight excluding hydrogens is 755 g/mol. The zero-order valence-electron chi connectivity index (χ0n) is 33.8. The van der Waals surface area contributed by atoms with E-state index in [1.54, 1.807) is 0 Å². The molecule has 3 heterocycles. The maximum Gasteiger partial charge on any atom is 0.238 e. The molecule has 0 fully saturated rings. The summed E-state index contributed by atoms with van der Waals surface area (Å²) in [5.41, 5.74) is 14.7. The van der Waals surface area contributed by atoms with Gasteiger partial charge in [0.1, 0.15) is 0 Å². The Morgan fingerprint density at radius 1 is 0.371 bits per heavy atom. The summed E-state index contributed by atoms with van der Waals surface area (Å²) in [7, 11) is 0. The largest absolute Gasteiger partial charge is 0.333 e. The van der Waals surface area contributed by atoms with Gasteiger partial charge in [0.05, 0.1) is 17.1 Å². The summed E-state index contributed by atoms with van der Waals surface area (Å²) in [4.78, 5) is 18.1. The summed E-state index contributed by atoms with van der Waals surface area (Å²) >= 11 is 0. The fraction of sp³-hybridized carbons (Fsp3) is 0.0351. The van der Waals surface area contributed by atoms with Crippen LogP contribution in [0.3, 0.4) is 0 Å². The molecule has 0 saturated heterocycles. The number of fused-ring (bicyclic) bond motifs is 6. The van der Waals surface area contributed by atoms with Gasteiger partial charge in [-0.25, -0.2) is 4.98 Å². The SMILES string of the molecule is C1=CC2c3cc(-c4ccc5c(c4)c4ccccc4n5-c4nc(-c5ccccc5)nc(-c5cccc(-c6ccc(-c7ccccc7)cc6)c5)n4)ccc3N(c3ccccc3)C2C=C1. The second-order valence-electron chi connectivity index (χ2n) is 16.0. The molecule has 10 aromatic rings. The van der Waals surface area contributed by atoms with Crippen molar-refractivity contribution >= 4 is 33.2 Å². The second kappa shape index (κ2) is 14.8. The Labute approximate surface area is 360 Å². The van der Waals surface area contributed by atoms with Gasteiger partial charge in [0.2, 0.25) is 5.95 Å². The van der Waals surface area contributed by atoms with Crippen LogP contribution in [0.4, 0.5) is 11.4 Å². The lowest BCUT2D eigenvalue weighted by atomic mass is 9.89. The number of allylic oxidation sites excluding steroid dienone is 2. The molecule has 62 heavy (non-hydrogen) atoms. The van der Waals surface area contributed by atoms with Gasteiger partial charge in [0.15, 0.2) is 11.6 Å². The first-order valence-corrected chi connectivity index (χ1v) is 21.2. The van der Waals surface area contributed by atoms with Crippen molar-refractivity contribution in [3.8, 4) is 62.1 Å². The van der Waals surface area contributed by atoms with Crippen molar-refractivity contribution in [1.29, 1.82) is 0 Å². The van der Waals surface area contributed by atoms with Gasteiger partial charge in [0.25, 0.3) is 0 Å². The van der Waals surface area contributed by atoms with Crippen molar-refractivity contribution in [2.45, 2.75) is 12.0 Å². The molecule has 5 heteroatoms. The molecule has 0 amide bonds. The summed E-state index contributed by atoms with van der Waals surface area (Å²) in [6.07, 6.45) is 9.04. The highest BCUT2D eigenvalue weighted by atomic mass is 15.2. The predicted octanol–water partition coefficient (Wildman–Crippen LogP) is 14.0. The molecular formula is C57H39N5. The van der Waals surface area contributed by atoms with Gasteiger partial charge in [-0.05, 0) is 87.5 Å². The fourth-order valence-electron chi connectivity index (χ4n) is 9.41. The number of rotatable bonds is 7. The highest BCUT2D eigenvalue weighted by Crippen LogP contribution is 2.49. The van der Waals surface area contributed by atoms with Crippen LogP contribution in [0.5, 0.6) is 0 Å². The molecule has 1 aliphatic heterocycles. The first-order chi connectivity index (χ1) is 30.7. The van der Waals surface area contributed by atoms with Crippen molar-refractivity contribution in [3.05, 3.63) is 230 Å². The van der Waals surface area contributed by atoms with Gasteiger partial charge < -0.3 is 4.90 Å². The molecule has 0 bridgehead atoms. The van der Waals surface area contributed by atoms with Crippen LogP contribution >= 0.6 is 0 Å². The molecule has 0 spiro atoms. The van der Waals surface area contributed by atoms with Crippen LogP contribution in [0.1, 0.15) is 11.5 Å². The van der Waals surface area contributed by atoms with Gasteiger partial charge in [-0.1, -0.05) is 176 Å². The minimum absolute atomic E-state index is 0.244. The highest BCUT2D eigenvalue weighted by molar-refractivity contribution is 6.10. The number of benzene rings is 8. The molecule has 292 valence electrons. The van der Waals surface area contributed by atoms with Crippen molar-refractivity contribution in [2.75, 3.05) is 4.90 Å². The minimum Gasteiger partial charge on any atom is -0.333 e. The second-order valence-corrected chi connectivity index (χ2v) is 16.0.